The van der Waals surface area contributed by atoms with E-state index in [0.29, 0.717) is 12.0 Å². The summed E-state index contributed by atoms with van der Waals surface area (Å²) in [7, 11) is 0. The highest BCUT2D eigenvalue weighted by molar-refractivity contribution is 6.12. The van der Waals surface area contributed by atoms with Crippen molar-refractivity contribution in [2.24, 2.45) is 4.99 Å². The summed E-state index contributed by atoms with van der Waals surface area (Å²) >= 11 is 0. The lowest BCUT2D eigenvalue weighted by Gasteiger charge is -2.17. The number of benzene rings is 4. The minimum Gasteiger partial charge on any atom is -0.472 e. The summed E-state index contributed by atoms with van der Waals surface area (Å²) < 4.78 is 11.2. The van der Waals surface area contributed by atoms with Gasteiger partial charge in [0, 0.05) is 44.7 Å². The smallest absolute Gasteiger partial charge is 0.217 e. The molecule has 1 aliphatic carbocycles. The molecular formula is C41H38N4O. The summed E-state index contributed by atoms with van der Waals surface area (Å²) in [6.07, 6.45) is 5.55. The molecular weight excluding hydrogens is 564 g/mol. The topological polar surface area (TPSA) is 44.3 Å². The molecule has 5 heteroatoms. The number of fused-ring (bicyclic) bond motifs is 7. The third-order valence-electron chi connectivity index (χ3n) is 10.4. The van der Waals surface area contributed by atoms with Gasteiger partial charge in [0.2, 0.25) is 5.90 Å². The van der Waals surface area contributed by atoms with Gasteiger partial charge >= 0.3 is 0 Å². The molecule has 0 spiro atoms. The molecule has 1 saturated carbocycles. The van der Waals surface area contributed by atoms with Gasteiger partial charge in [0.15, 0.2) is 0 Å². The fraction of sp³-hybridized carbons (Fsp3) is 0.268. The zero-order valence-corrected chi connectivity index (χ0v) is 27.1. The molecule has 4 heterocycles. The van der Waals surface area contributed by atoms with Gasteiger partial charge in [0.05, 0.1) is 22.6 Å². The molecule has 46 heavy (non-hydrogen) atoms. The van der Waals surface area contributed by atoms with Crippen LogP contribution >= 0.6 is 0 Å². The van der Waals surface area contributed by atoms with Gasteiger partial charge in [-0.15, -0.1) is 0 Å². The van der Waals surface area contributed by atoms with E-state index in [0.717, 1.165) is 41.3 Å². The predicted octanol–water partition coefficient (Wildman–Crippen LogP) is 10.0. The summed E-state index contributed by atoms with van der Waals surface area (Å²) in [6.45, 7) is 11.1. The Kier molecular flexibility index (Phi) is 5.99. The Morgan fingerprint density at radius 2 is 1.57 bits per heavy atom. The molecule has 0 unspecified atom stereocenters. The van der Waals surface area contributed by atoms with Crippen molar-refractivity contribution in [3.8, 4) is 11.4 Å². The molecule has 0 bridgehead atoms. The molecule has 1 fully saturated rings. The average Bonchev–Trinajstić information content (AvgIpc) is 3.80. The Hall–Kier alpha value is -4.90. The number of ether oxygens (including phenoxy) is 1. The van der Waals surface area contributed by atoms with Crippen LogP contribution in [0.25, 0.3) is 55.1 Å². The van der Waals surface area contributed by atoms with Crippen molar-refractivity contribution in [2.45, 2.75) is 71.9 Å². The first kappa shape index (κ1) is 27.4. The first-order valence-corrected chi connectivity index (χ1v) is 16.7. The number of rotatable bonds is 4. The maximum atomic E-state index is 6.46. The van der Waals surface area contributed by atoms with Gasteiger partial charge in [-0.3, -0.25) is 4.57 Å². The third-order valence-corrected chi connectivity index (χ3v) is 10.4. The SMILES string of the molecule is Cc1ccc2c(c1)c1ccc(-n3c4ccc(C(C)C)cc4c4cccnc43)cc1n2-c1cc(C2=N[C@@H]3CCC[C@@H]3O2)c(C)cc1C. The van der Waals surface area contributed by atoms with E-state index in [2.05, 4.69) is 117 Å². The Labute approximate surface area is 269 Å². The standard InChI is InChI=1S/C41H38N4O/c1-23(2)27-12-16-35-33(20-27)30-8-7-17-42-40(30)44(35)28-13-14-29-32-18-24(3)11-15-36(32)45(38(29)21-28)37-22-31(25(4)19-26(37)5)41-43-34-9-6-10-39(34)46-41/h7-8,11-23,34,39H,6,9-10H2,1-5H3/t34-,39+/m1/s1. The van der Waals surface area contributed by atoms with Crippen LogP contribution in [0.4, 0.5) is 0 Å². The molecule has 2 aliphatic rings. The third kappa shape index (κ3) is 4.00. The van der Waals surface area contributed by atoms with E-state index < -0.39 is 0 Å². The van der Waals surface area contributed by atoms with Gasteiger partial charge in [-0.1, -0.05) is 43.7 Å². The lowest BCUT2D eigenvalue weighted by atomic mass is 10.0. The van der Waals surface area contributed by atoms with E-state index in [9.17, 15) is 0 Å². The Morgan fingerprint density at radius 3 is 2.41 bits per heavy atom. The van der Waals surface area contributed by atoms with Gasteiger partial charge in [-0.2, -0.15) is 0 Å². The van der Waals surface area contributed by atoms with Crippen LogP contribution in [-0.2, 0) is 4.74 Å². The van der Waals surface area contributed by atoms with Gasteiger partial charge in [0.25, 0.3) is 0 Å². The van der Waals surface area contributed by atoms with Crippen molar-refractivity contribution >= 4 is 49.6 Å². The van der Waals surface area contributed by atoms with Crippen molar-refractivity contribution in [1.29, 1.82) is 0 Å². The first-order chi connectivity index (χ1) is 22.4. The largest absolute Gasteiger partial charge is 0.472 e. The van der Waals surface area contributed by atoms with E-state index in [1.807, 2.05) is 12.3 Å². The number of hydrogen-bond donors (Lipinski definition) is 0. The van der Waals surface area contributed by atoms with E-state index in [4.69, 9.17) is 14.7 Å². The monoisotopic (exact) mass is 602 g/mol. The average molecular weight is 603 g/mol. The van der Waals surface area contributed by atoms with Crippen LogP contribution in [0.3, 0.4) is 0 Å². The van der Waals surface area contributed by atoms with Crippen molar-refractivity contribution in [1.82, 2.24) is 14.1 Å². The number of pyridine rings is 1. The van der Waals surface area contributed by atoms with Crippen LogP contribution < -0.4 is 0 Å². The van der Waals surface area contributed by atoms with Crippen LogP contribution in [0.1, 0.15) is 66.8 Å². The number of nitrogens with zero attached hydrogens (tertiary/aromatic N) is 4. The van der Waals surface area contributed by atoms with Gasteiger partial charge < -0.3 is 9.30 Å². The Balaban J connectivity index is 1.31. The maximum absolute atomic E-state index is 6.46. The maximum Gasteiger partial charge on any atom is 0.217 e. The van der Waals surface area contributed by atoms with Crippen LogP contribution in [0, 0.1) is 20.8 Å². The second kappa shape index (κ2) is 10.1. The van der Waals surface area contributed by atoms with Crippen LogP contribution in [-0.4, -0.2) is 32.2 Å². The molecule has 4 aromatic carbocycles. The van der Waals surface area contributed by atoms with Crippen LogP contribution in [0.2, 0.25) is 0 Å². The molecule has 228 valence electrons. The van der Waals surface area contributed by atoms with Crippen molar-refractivity contribution in [3.05, 3.63) is 113 Å². The van der Waals surface area contributed by atoms with Crippen molar-refractivity contribution in [2.75, 3.05) is 0 Å². The minimum atomic E-state index is 0.231. The minimum absolute atomic E-state index is 0.231. The van der Waals surface area contributed by atoms with E-state index in [1.165, 1.54) is 66.8 Å². The molecule has 0 amide bonds. The fourth-order valence-corrected chi connectivity index (χ4v) is 7.97. The summed E-state index contributed by atoms with van der Waals surface area (Å²) in [5, 5.41) is 4.92. The highest BCUT2D eigenvalue weighted by Crippen LogP contribution is 2.39. The highest BCUT2D eigenvalue weighted by Gasteiger charge is 2.36. The molecule has 9 rings (SSSR count). The zero-order valence-electron chi connectivity index (χ0n) is 27.1. The second-order valence-electron chi connectivity index (χ2n) is 13.7. The fourth-order valence-electron chi connectivity index (χ4n) is 7.97. The zero-order chi connectivity index (χ0) is 31.3. The highest BCUT2D eigenvalue weighted by atomic mass is 16.5. The van der Waals surface area contributed by atoms with Gasteiger partial charge in [-0.05, 0) is 117 Å². The van der Waals surface area contributed by atoms with Crippen LogP contribution in [0.5, 0.6) is 0 Å². The van der Waals surface area contributed by atoms with Gasteiger partial charge in [0.1, 0.15) is 11.8 Å². The molecule has 0 N–H and O–H groups in total. The molecule has 7 aromatic rings. The Bertz CT molecular complexity index is 2410. The molecule has 3 aromatic heterocycles. The molecule has 0 saturated heterocycles. The van der Waals surface area contributed by atoms with E-state index in [-0.39, 0.29) is 6.10 Å². The van der Waals surface area contributed by atoms with Crippen molar-refractivity contribution < 1.29 is 4.74 Å². The van der Waals surface area contributed by atoms with Crippen molar-refractivity contribution in [3.63, 3.8) is 0 Å². The normalized spacial score (nSPS) is 17.9. The number of aliphatic imine (C=N–C) groups is 1. The quantitative estimate of drug-likeness (QED) is 0.201. The molecule has 2 atom stereocenters. The number of aromatic nitrogens is 3. The second-order valence-corrected chi connectivity index (χ2v) is 13.7. The number of aryl methyl sites for hydroxylation is 3. The lowest BCUT2D eigenvalue weighted by Crippen LogP contribution is -2.15. The molecule has 5 nitrogen and oxygen atoms in total. The Morgan fingerprint density at radius 1 is 0.739 bits per heavy atom. The summed E-state index contributed by atoms with van der Waals surface area (Å²) in [6, 6.07) is 29.7. The summed E-state index contributed by atoms with van der Waals surface area (Å²) in [4.78, 5) is 9.98. The summed E-state index contributed by atoms with van der Waals surface area (Å²) in [5.41, 5.74) is 12.9. The summed E-state index contributed by atoms with van der Waals surface area (Å²) in [5.74, 6) is 1.26. The molecule has 0 radical (unpaired) electrons. The first-order valence-electron chi connectivity index (χ1n) is 16.7. The number of hydrogen-bond acceptors (Lipinski definition) is 3. The van der Waals surface area contributed by atoms with E-state index >= 15 is 0 Å². The molecule has 1 aliphatic heterocycles. The van der Waals surface area contributed by atoms with Crippen LogP contribution in [0.15, 0.2) is 90.1 Å². The lowest BCUT2D eigenvalue weighted by molar-refractivity contribution is 0.211. The van der Waals surface area contributed by atoms with E-state index in [1.54, 1.807) is 0 Å². The predicted molar refractivity (Wildman–Crippen MR) is 190 cm³/mol. The van der Waals surface area contributed by atoms with Gasteiger partial charge in [-0.25, -0.2) is 9.98 Å².